The Morgan fingerprint density at radius 3 is 2.32 bits per heavy atom. The van der Waals surface area contributed by atoms with E-state index in [0.717, 1.165) is 6.26 Å². The summed E-state index contributed by atoms with van der Waals surface area (Å²) in [6.07, 6.45) is 1.79. The van der Waals surface area contributed by atoms with Crippen LogP contribution in [0.4, 0.5) is 10.1 Å². The highest BCUT2D eigenvalue weighted by atomic mass is 32.2. The van der Waals surface area contributed by atoms with E-state index < -0.39 is 25.9 Å². The minimum Gasteiger partial charge on any atom is -0.399 e. The monoisotopic (exact) mass is 347 g/mol. The highest BCUT2D eigenvalue weighted by Gasteiger charge is 2.47. The molecular weight excluding hydrogens is 325 g/mol. The Kier molecular flexibility index (Phi) is 4.89. The average molecular weight is 347 g/mol. The third-order valence-corrected chi connectivity index (χ3v) is 6.44. The van der Waals surface area contributed by atoms with Gasteiger partial charge in [0.25, 0.3) is 0 Å². The highest BCUT2D eigenvalue weighted by Crippen LogP contribution is 2.41. The second kappa shape index (κ2) is 5.73. The molecule has 1 heterocycles. The zero-order valence-electron chi connectivity index (χ0n) is 12.9. The Hall–Kier alpha value is -1.28. The predicted molar refractivity (Wildman–Crippen MR) is 92.7 cm³/mol. The summed E-state index contributed by atoms with van der Waals surface area (Å²) in [4.78, 5) is 4.33. The van der Waals surface area contributed by atoms with Gasteiger partial charge < -0.3 is 11.5 Å². The van der Waals surface area contributed by atoms with Crippen LogP contribution in [-0.4, -0.2) is 25.3 Å². The number of sulfone groups is 1. The van der Waals surface area contributed by atoms with Crippen molar-refractivity contribution in [2.75, 3.05) is 12.0 Å². The van der Waals surface area contributed by atoms with Crippen molar-refractivity contribution in [2.24, 2.45) is 10.7 Å². The van der Waals surface area contributed by atoms with Gasteiger partial charge in [-0.15, -0.1) is 0 Å². The molecule has 0 amide bonds. The third-order valence-electron chi connectivity index (χ3n) is 4.39. The standard InChI is InChI=1S/C14H20FN3O2S.H2S/c1-13(10-8-9(16)4-5-11(10)15)6-7-14(2,12(17)18-13)21(3,19)20;/h4-5,8H,6-7,16H2,1-3H3,(H2,17,18);1H2/t13-,14?;/m0./s1. The molecule has 0 saturated carbocycles. The summed E-state index contributed by atoms with van der Waals surface area (Å²) in [5.74, 6) is -0.410. The Morgan fingerprint density at radius 2 is 1.82 bits per heavy atom. The number of halogens is 1. The summed E-state index contributed by atoms with van der Waals surface area (Å²) >= 11 is 0. The molecule has 0 bridgehead atoms. The Labute approximate surface area is 137 Å². The number of aliphatic imine (C=N–C) groups is 1. The number of anilines is 1. The van der Waals surface area contributed by atoms with Crippen LogP contribution in [0.1, 0.15) is 32.3 Å². The Bertz CT molecular complexity index is 721. The van der Waals surface area contributed by atoms with E-state index in [1.807, 2.05) is 0 Å². The van der Waals surface area contributed by atoms with Crippen molar-refractivity contribution in [2.45, 2.75) is 37.0 Å². The van der Waals surface area contributed by atoms with Gasteiger partial charge in [-0.25, -0.2) is 12.8 Å². The molecule has 1 aromatic rings. The lowest BCUT2D eigenvalue weighted by Gasteiger charge is -2.39. The van der Waals surface area contributed by atoms with Crippen LogP contribution in [0.15, 0.2) is 23.2 Å². The van der Waals surface area contributed by atoms with Gasteiger partial charge in [0.1, 0.15) is 16.4 Å². The molecule has 5 nitrogen and oxygen atoms in total. The first-order valence-corrected chi connectivity index (χ1v) is 8.50. The van der Waals surface area contributed by atoms with Crippen molar-refractivity contribution in [3.05, 3.63) is 29.6 Å². The normalized spacial score (nSPS) is 28.6. The van der Waals surface area contributed by atoms with Crippen molar-refractivity contribution in [1.29, 1.82) is 0 Å². The highest BCUT2D eigenvalue weighted by molar-refractivity contribution is 7.92. The topological polar surface area (TPSA) is 98.5 Å². The van der Waals surface area contributed by atoms with Crippen molar-refractivity contribution < 1.29 is 12.8 Å². The van der Waals surface area contributed by atoms with Gasteiger partial charge in [0.2, 0.25) is 0 Å². The number of amidine groups is 1. The molecule has 4 N–H and O–H groups in total. The summed E-state index contributed by atoms with van der Waals surface area (Å²) in [6, 6.07) is 4.28. The number of hydrogen-bond acceptors (Lipinski definition) is 5. The van der Waals surface area contributed by atoms with Gasteiger partial charge in [-0.1, -0.05) is 0 Å². The Balaban J connectivity index is 0.00000242. The fourth-order valence-corrected chi connectivity index (χ4v) is 3.47. The summed E-state index contributed by atoms with van der Waals surface area (Å²) in [5.41, 5.74) is 11.5. The number of nitrogen functional groups attached to an aromatic ring is 1. The van der Waals surface area contributed by atoms with E-state index >= 15 is 0 Å². The summed E-state index contributed by atoms with van der Waals surface area (Å²) in [5, 5.41) is 0. The predicted octanol–water partition coefficient (Wildman–Crippen LogP) is 1.69. The van der Waals surface area contributed by atoms with E-state index in [0.29, 0.717) is 17.7 Å². The minimum atomic E-state index is -3.40. The van der Waals surface area contributed by atoms with Crippen LogP contribution in [0.5, 0.6) is 0 Å². The van der Waals surface area contributed by atoms with Crippen LogP contribution in [0.25, 0.3) is 0 Å². The first kappa shape index (κ1) is 18.8. The minimum absolute atomic E-state index is 0. The molecule has 0 aromatic heterocycles. The first-order chi connectivity index (χ1) is 9.49. The number of nitrogens with zero attached hydrogens (tertiary/aromatic N) is 1. The molecular formula is C14H22FN3O2S2. The molecule has 2 atom stereocenters. The lowest BCUT2D eigenvalue weighted by atomic mass is 9.81. The van der Waals surface area contributed by atoms with Gasteiger partial charge >= 0.3 is 0 Å². The largest absolute Gasteiger partial charge is 0.399 e. The van der Waals surface area contributed by atoms with Crippen molar-refractivity contribution in [3.8, 4) is 0 Å². The van der Waals surface area contributed by atoms with Crippen LogP contribution in [-0.2, 0) is 15.4 Å². The van der Waals surface area contributed by atoms with Gasteiger partial charge in [-0.2, -0.15) is 13.5 Å². The van der Waals surface area contributed by atoms with Gasteiger partial charge in [-0.05, 0) is 44.9 Å². The fourth-order valence-electron chi connectivity index (χ4n) is 2.58. The number of hydrogen-bond donors (Lipinski definition) is 2. The number of benzene rings is 1. The zero-order valence-corrected chi connectivity index (χ0v) is 14.7. The molecule has 124 valence electrons. The fraction of sp³-hybridized carbons (Fsp3) is 0.500. The van der Waals surface area contributed by atoms with Gasteiger partial charge in [-0.3, -0.25) is 4.99 Å². The zero-order chi connectivity index (χ0) is 16.1. The van der Waals surface area contributed by atoms with E-state index in [1.54, 1.807) is 13.8 Å². The van der Waals surface area contributed by atoms with Gasteiger partial charge in [0.05, 0.1) is 5.54 Å². The maximum Gasteiger partial charge on any atom is 0.160 e. The van der Waals surface area contributed by atoms with E-state index in [2.05, 4.69) is 4.99 Å². The maximum absolute atomic E-state index is 14.1. The summed E-state index contributed by atoms with van der Waals surface area (Å²) < 4.78 is 36.7. The molecule has 0 aliphatic carbocycles. The van der Waals surface area contributed by atoms with Crippen LogP contribution >= 0.6 is 13.5 Å². The summed E-state index contributed by atoms with van der Waals surface area (Å²) in [6.45, 7) is 3.29. The van der Waals surface area contributed by atoms with Crippen LogP contribution in [0, 0.1) is 5.82 Å². The summed E-state index contributed by atoms with van der Waals surface area (Å²) in [7, 11) is -3.40. The molecule has 0 saturated heterocycles. The number of rotatable bonds is 2. The van der Waals surface area contributed by atoms with Crippen molar-refractivity contribution in [3.63, 3.8) is 0 Å². The lowest BCUT2D eigenvalue weighted by molar-refractivity contribution is 0.379. The molecule has 1 aromatic carbocycles. The maximum atomic E-state index is 14.1. The van der Waals surface area contributed by atoms with Gasteiger partial charge in [0.15, 0.2) is 9.84 Å². The Morgan fingerprint density at radius 1 is 1.23 bits per heavy atom. The molecule has 1 aliphatic rings. The molecule has 0 spiro atoms. The van der Waals surface area contributed by atoms with E-state index in [1.165, 1.54) is 18.2 Å². The van der Waals surface area contributed by atoms with Crippen LogP contribution in [0.3, 0.4) is 0 Å². The quantitative estimate of drug-likeness (QED) is 0.795. The molecule has 2 rings (SSSR count). The average Bonchev–Trinajstić information content (AvgIpc) is 2.36. The molecule has 0 radical (unpaired) electrons. The SMILES string of the molecule is CC1(S(C)(=O)=O)CC[C@@](C)(c2cc(N)ccc2F)N=C1N.S. The smallest absolute Gasteiger partial charge is 0.160 e. The van der Waals surface area contributed by atoms with E-state index in [4.69, 9.17) is 11.5 Å². The van der Waals surface area contributed by atoms with E-state index in [9.17, 15) is 12.8 Å². The van der Waals surface area contributed by atoms with E-state index in [-0.39, 0.29) is 25.8 Å². The molecule has 0 fully saturated rings. The second-order valence-electron chi connectivity index (χ2n) is 6.01. The van der Waals surface area contributed by atoms with Crippen molar-refractivity contribution >= 4 is 34.9 Å². The molecule has 8 heteroatoms. The first-order valence-electron chi connectivity index (χ1n) is 6.60. The molecule has 1 aliphatic heterocycles. The third kappa shape index (κ3) is 2.94. The second-order valence-corrected chi connectivity index (χ2v) is 8.46. The van der Waals surface area contributed by atoms with Crippen molar-refractivity contribution in [1.82, 2.24) is 0 Å². The molecule has 1 unspecified atom stereocenters. The lowest BCUT2D eigenvalue weighted by Crippen LogP contribution is -2.52. The van der Waals surface area contributed by atoms with Crippen LogP contribution < -0.4 is 11.5 Å². The molecule has 22 heavy (non-hydrogen) atoms. The van der Waals surface area contributed by atoms with Gasteiger partial charge in [0, 0.05) is 17.5 Å². The number of nitrogens with two attached hydrogens (primary N) is 2. The van der Waals surface area contributed by atoms with Crippen LogP contribution in [0.2, 0.25) is 0 Å².